The zero-order chi connectivity index (χ0) is 22.5. The molecule has 6 nitrogen and oxygen atoms in total. The fraction of sp³-hybridized carbons (Fsp3) is 0.762. The summed E-state index contributed by atoms with van der Waals surface area (Å²) >= 11 is 0. The Morgan fingerprint density at radius 1 is 1.23 bits per heavy atom. The zero-order valence-corrected chi connectivity index (χ0v) is 17.9. The highest BCUT2D eigenvalue weighted by Crippen LogP contribution is 2.45. The van der Waals surface area contributed by atoms with Gasteiger partial charge in [-0.25, -0.2) is 4.79 Å². The lowest BCUT2D eigenvalue weighted by atomic mass is 9.85. The van der Waals surface area contributed by atoms with Crippen LogP contribution in [0.1, 0.15) is 71.6 Å². The maximum atomic E-state index is 14.3. The second-order valence-electron chi connectivity index (χ2n) is 8.10. The van der Waals surface area contributed by atoms with E-state index >= 15 is 0 Å². The molecule has 1 saturated carbocycles. The maximum Gasteiger partial charge on any atom is 0.425 e. The molecule has 2 amide bonds. The number of halogens is 3. The number of methoxy groups -OCH3 is 1. The van der Waals surface area contributed by atoms with Crippen LogP contribution in [0, 0.1) is 5.92 Å². The molecule has 9 heteroatoms. The Balaban J connectivity index is 2.34. The summed E-state index contributed by atoms with van der Waals surface area (Å²) in [7, 11) is 0.952. The normalized spacial score (nSPS) is 23.1. The molecule has 0 saturated heterocycles. The molecule has 0 aromatic heterocycles. The Hall–Kier alpha value is -2.06. The van der Waals surface area contributed by atoms with E-state index in [9.17, 15) is 27.6 Å². The van der Waals surface area contributed by atoms with E-state index in [1.54, 1.807) is 0 Å². The van der Waals surface area contributed by atoms with Gasteiger partial charge in [0, 0.05) is 18.7 Å². The molecule has 0 spiro atoms. The predicted octanol–water partition coefficient (Wildman–Crippen LogP) is 3.85. The largest absolute Gasteiger partial charge is 0.466 e. The highest BCUT2D eigenvalue weighted by molar-refractivity contribution is 6.10. The summed E-state index contributed by atoms with van der Waals surface area (Å²) in [5.41, 5.74) is -4.41. The number of nitrogens with one attached hydrogen (secondary N) is 1. The minimum Gasteiger partial charge on any atom is -0.466 e. The molecule has 0 unspecified atom stereocenters. The Bertz CT molecular complexity index is 699. The monoisotopic (exact) mass is 432 g/mol. The van der Waals surface area contributed by atoms with Crippen LogP contribution < -0.4 is 5.32 Å². The predicted molar refractivity (Wildman–Crippen MR) is 104 cm³/mol. The fourth-order valence-electron chi connectivity index (χ4n) is 4.39. The van der Waals surface area contributed by atoms with E-state index in [4.69, 9.17) is 0 Å². The van der Waals surface area contributed by atoms with Gasteiger partial charge >= 0.3 is 12.1 Å². The van der Waals surface area contributed by atoms with Crippen LogP contribution in [-0.4, -0.2) is 48.1 Å². The number of carbonyl (C=O) groups is 3. The third-order valence-corrected chi connectivity index (χ3v) is 6.09. The van der Waals surface area contributed by atoms with Gasteiger partial charge in [-0.05, 0) is 25.7 Å². The van der Waals surface area contributed by atoms with Gasteiger partial charge in [0.2, 0.25) is 11.4 Å². The topological polar surface area (TPSA) is 75.7 Å². The lowest BCUT2D eigenvalue weighted by molar-refractivity contribution is -0.196. The van der Waals surface area contributed by atoms with Gasteiger partial charge in [-0.1, -0.05) is 45.4 Å². The van der Waals surface area contributed by atoms with Crippen molar-refractivity contribution in [3.63, 3.8) is 0 Å². The summed E-state index contributed by atoms with van der Waals surface area (Å²) in [5.74, 6) is -3.22. The molecule has 0 bridgehead atoms. The summed E-state index contributed by atoms with van der Waals surface area (Å²) in [6, 6.07) is 0. The zero-order valence-electron chi connectivity index (χ0n) is 17.9. The molecule has 1 aliphatic carbocycles. The Morgan fingerprint density at radius 3 is 2.40 bits per heavy atom. The number of esters is 1. The molecule has 170 valence electrons. The van der Waals surface area contributed by atoms with Gasteiger partial charge in [0.25, 0.3) is 5.91 Å². The van der Waals surface area contributed by atoms with Crippen molar-refractivity contribution in [2.75, 3.05) is 13.7 Å². The van der Waals surface area contributed by atoms with Crippen molar-refractivity contribution in [3.8, 4) is 0 Å². The number of hydrogen-bond acceptors (Lipinski definition) is 4. The van der Waals surface area contributed by atoms with Gasteiger partial charge in [-0.2, -0.15) is 13.2 Å². The molecule has 1 heterocycles. The first kappa shape index (κ1) is 24.2. The van der Waals surface area contributed by atoms with Crippen molar-refractivity contribution in [1.82, 2.24) is 10.2 Å². The number of ether oxygens (including phenoxy) is 1. The minimum absolute atomic E-state index is 0.0252. The molecule has 0 aromatic carbocycles. The highest BCUT2D eigenvalue weighted by atomic mass is 19.4. The number of unbranched alkanes of at least 4 members (excludes halogenated alkanes) is 1. The van der Waals surface area contributed by atoms with Crippen molar-refractivity contribution in [2.45, 2.75) is 83.4 Å². The van der Waals surface area contributed by atoms with Gasteiger partial charge in [0.1, 0.15) is 5.57 Å². The number of rotatable bonds is 8. The quantitative estimate of drug-likeness (QED) is 0.591. The molecule has 30 heavy (non-hydrogen) atoms. The fourth-order valence-corrected chi connectivity index (χ4v) is 4.39. The van der Waals surface area contributed by atoms with E-state index in [-0.39, 0.29) is 18.7 Å². The number of alkyl halides is 3. The minimum atomic E-state index is -5.20. The number of amides is 2. The van der Waals surface area contributed by atoms with Crippen molar-refractivity contribution in [1.29, 1.82) is 0 Å². The molecule has 0 aromatic rings. The van der Waals surface area contributed by atoms with Crippen LogP contribution in [0.2, 0.25) is 0 Å². The van der Waals surface area contributed by atoms with E-state index < -0.39 is 35.1 Å². The Labute approximate surface area is 175 Å². The number of hydrogen-bond donors (Lipinski definition) is 1. The average molecular weight is 432 g/mol. The third-order valence-electron chi connectivity index (χ3n) is 6.09. The van der Waals surface area contributed by atoms with Crippen molar-refractivity contribution >= 4 is 17.8 Å². The summed E-state index contributed by atoms with van der Waals surface area (Å²) in [5, 5.41) is 1.91. The van der Waals surface area contributed by atoms with Gasteiger partial charge in [0.15, 0.2) is 0 Å². The molecule has 0 radical (unpaired) electrons. The van der Waals surface area contributed by atoms with E-state index in [2.05, 4.69) is 4.74 Å². The van der Waals surface area contributed by atoms with E-state index in [0.717, 1.165) is 44.1 Å². The van der Waals surface area contributed by atoms with Crippen molar-refractivity contribution in [3.05, 3.63) is 11.3 Å². The van der Waals surface area contributed by atoms with Gasteiger partial charge in [-0.3, -0.25) is 9.59 Å². The summed E-state index contributed by atoms with van der Waals surface area (Å²) in [6.07, 6.45) is 1.39. The van der Waals surface area contributed by atoms with E-state index in [1.165, 1.54) is 6.92 Å². The lowest BCUT2D eigenvalue weighted by Gasteiger charge is -2.33. The van der Waals surface area contributed by atoms with Crippen LogP contribution in [0.25, 0.3) is 0 Å². The lowest BCUT2D eigenvalue weighted by Crippen LogP contribution is -2.66. The molecule has 1 atom stereocenters. The van der Waals surface area contributed by atoms with Crippen LogP contribution in [0.5, 0.6) is 0 Å². The van der Waals surface area contributed by atoms with Gasteiger partial charge < -0.3 is 15.0 Å². The molecular formula is C21H31F3N2O4. The molecule has 2 rings (SSSR count). The van der Waals surface area contributed by atoms with Crippen molar-refractivity contribution in [2.24, 2.45) is 5.92 Å². The second kappa shape index (κ2) is 9.83. The molecule has 1 fully saturated rings. The average Bonchev–Trinajstić information content (AvgIpc) is 2.92. The summed E-state index contributed by atoms with van der Waals surface area (Å²) < 4.78 is 47.6. The van der Waals surface area contributed by atoms with Crippen LogP contribution in [0.3, 0.4) is 0 Å². The summed E-state index contributed by atoms with van der Waals surface area (Å²) in [6.45, 7) is 3.14. The summed E-state index contributed by atoms with van der Waals surface area (Å²) in [4.78, 5) is 38.8. The first-order valence-corrected chi connectivity index (χ1v) is 10.6. The molecule has 1 N–H and O–H groups in total. The second-order valence-corrected chi connectivity index (χ2v) is 8.10. The van der Waals surface area contributed by atoms with Crippen LogP contribution in [0.15, 0.2) is 11.3 Å². The van der Waals surface area contributed by atoms with Crippen LogP contribution >= 0.6 is 0 Å². The van der Waals surface area contributed by atoms with E-state index in [0.29, 0.717) is 25.2 Å². The SMILES string of the molecule is CCCCN1C(=O)[C@](NC(=O)CCC2CCCCC2)(C(F)(F)F)C(C(=O)OC)=C1C. The number of nitrogens with zero attached hydrogens (tertiary/aromatic N) is 1. The van der Waals surface area contributed by atoms with Crippen LogP contribution in [-0.2, 0) is 19.1 Å². The standard InChI is InChI=1S/C21H31F3N2O4/c1-4-5-13-26-14(2)17(18(28)30-3)20(19(26)29,21(22,23)24)25-16(27)12-11-15-9-7-6-8-10-15/h15H,4-13H2,1-3H3,(H,25,27)/t20-/m0/s1. The first-order chi connectivity index (χ1) is 14.1. The Kier molecular flexibility index (Phi) is 7.93. The molecule has 2 aliphatic rings. The van der Waals surface area contributed by atoms with Gasteiger partial charge in [-0.15, -0.1) is 0 Å². The molecule has 1 aliphatic heterocycles. The first-order valence-electron chi connectivity index (χ1n) is 10.6. The van der Waals surface area contributed by atoms with Gasteiger partial charge in [0.05, 0.1) is 7.11 Å². The number of carbonyl (C=O) groups excluding carboxylic acids is 3. The third kappa shape index (κ3) is 4.64. The highest BCUT2D eigenvalue weighted by Gasteiger charge is 2.70. The number of allylic oxidation sites excluding steroid dienone is 1. The molecular weight excluding hydrogens is 401 g/mol. The van der Waals surface area contributed by atoms with Crippen LogP contribution in [0.4, 0.5) is 13.2 Å². The smallest absolute Gasteiger partial charge is 0.425 e. The van der Waals surface area contributed by atoms with E-state index in [1.807, 2.05) is 12.2 Å². The maximum absolute atomic E-state index is 14.3. The van der Waals surface area contributed by atoms with Crippen molar-refractivity contribution < 1.29 is 32.3 Å². The Morgan fingerprint density at radius 2 is 1.87 bits per heavy atom.